The zero-order chi connectivity index (χ0) is 14.3. The molecule has 0 fully saturated rings. The number of rotatable bonds is 7. The molecule has 0 aliphatic carbocycles. The van der Waals surface area contributed by atoms with Crippen LogP contribution >= 0.6 is 0 Å². The normalized spacial score (nSPS) is 13.9. The highest BCUT2D eigenvalue weighted by molar-refractivity contribution is 5.25. The van der Waals surface area contributed by atoms with Gasteiger partial charge in [0.1, 0.15) is 0 Å². The van der Waals surface area contributed by atoms with Crippen LogP contribution in [0.15, 0.2) is 60.7 Å². The molecule has 106 valence electrons. The lowest BCUT2D eigenvalue weighted by atomic mass is 9.86. The van der Waals surface area contributed by atoms with Crippen LogP contribution in [0.25, 0.3) is 0 Å². The van der Waals surface area contributed by atoms with Gasteiger partial charge in [-0.2, -0.15) is 0 Å². The minimum absolute atomic E-state index is 0.109. The monoisotopic (exact) mass is 269 g/mol. The van der Waals surface area contributed by atoms with E-state index in [1.165, 1.54) is 5.56 Å². The minimum Gasteiger partial charge on any atom is -0.394 e. The Kier molecular flexibility index (Phi) is 5.33. The Morgan fingerprint density at radius 1 is 0.950 bits per heavy atom. The van der Waals surface area contributed by atoms with Crippen LogP contribution in [0.4, 0.5) is 0 Å². The lowest BCUT2D eigenvalue weighted by molar-refractivity contribution is 0.148. The minimum atomic E-state index is -0.355. The second-order valence-corrected chi connectivity index (χ2v) is 5.20. The second kappa shape index (κ2) is 7.22. The highest BCUT2D eigenvalue weighted by Gasteiger charge is 2.29. The maximum atomic E-state index is 9.98. The van der Waals surface area contributed by atoms with Gasteiger partial charge in [0.25, 0.3) is 0 Å². The van der Waals surface area contributed by atoms with Crippen molar-refractivity contribution in [2.75, 3.05) is 6.61 Å². The van der Waals surface area contributed by atoms with Gasteiger partial charge in [0.15, 0.2) is 0 Å². The van der Waals surface area contributed by atoms with Crippen LogP contribution < -0.4 is 5.32 Å². The van der Waals surface area contributed by atoms with Crippen molar-refractivity contribution >= 4 is 0 Å². The molecule has 2 aromatic rings. The molecule has 0 bridgehead atoms. The third kappa shape index (κ3) is 3.47. The summed E-state index contributed by atoms with van der Waals surface area (Å²) in [6.07, 6.45) is 1.94. The number of hydrogen-bond donors (Lipinski definition) is 2. The molecule has 0 saturated carbocycles. The summed E-state index contributed by atoms with van der Waals surface area (Å²) >= 11 is 0. The zero-order valence-corrected chi connectivity index (χ0v) is 12.0. The summed E-state index contributed by atoms with van der Waals surface area (Å²) in [7, 11) is 0. The molecule has 2 heteroatoms. The van der Waals surface area contributed by atoms with Crippen LogP contribution in [0, 0.1) is 0 Å². The SMILES string of the molecule is CCCC(CO)(NCc1ccccc1)c1ccccc1. The second-order valence-electron chi connectivity index (χ2n) is 5.20. The van der Waals surface area contributed by atoms with Gasteiger partial charge in [-0.3, -0.25) is 0 Å². The summed E-state index contributed by atoms with van der Waals surface area (Å²) in [5.74, 6) is 0. The van der Waals surface area contributed by atoms with E-state index < -0.39 is 0 Å². The molecule has 2 rings (SSSR count). The van der Waals surface area contributed by atoms with Gasteiger partial charge in [0, 0.05) is 6.54 Å². The van der Waals surface area contributed by atoms with Gasteiger partial charge >= 0.3 is 0 Å². The third-order valence-electron chi connectivity index (χ3n) is 3.75. The summed E-state index contributed by atoms with van der Waals surface area (Å²) in [6, 6.07) is 20.5. The number of nitrogens with one attached hydrogen (secondary N) is 1. The van der Waals surface area contributed by atoms with E-state index in [0.29, 0.717) is 0 Å². The van der Waals surface area contributed by atoms with E-state index in [1.807, 2.05) is 36.4 Å². The first-order valence-corrected chi connectivity index (χ1v) is 7.26. The molecule has 1 atom stereocenters. The molecule has 0 aliphatic rings. The molecule has 0 aromatic heterocycles. The van der Waals surface area contributed by atoms with Crippen LogP contribution in [0.3, 0.4) is 0 Å². The first kappa shape index (κ1) is 14.8. The van der Waals surface area contributed by atoms with Crippen molar-refractivity contribution in [3.63, 3.8) is 0 Å². The van der Waals surface area contributed by atoms with Gasteiger partial charge in [-0.05, 0) is 17.5 Å². The van der Waals surface area contributed by atoms with Crippen molar-refractivity contribution in [2.45, 2.75) is 31.8 Å². The standard InChI is InChI=1S/C18H23NO/c1-2-13-18(15-20,17-11-7-4-8-12-17)19-14-16-9-5-3-6-10-16/h3-12,19-20H,2,13-15H2,1H3. The van der Waals surface area contributed by atoms with E-state index in [-0.39, 0.29) is 12.1 Å². The van der Waals surface area contributed by atoms with E-state index in [4.69, 9.17) is 0 Å². The van der Waals surface area contributed by atoms with Crippen LogP contribution in [0.2, 0.25) is 0 Å². The van der Waals surface area contributed by atoms with Gasteiger partial charge in [0.05, 0.1) is 12.1 Å². The first-order valence-electron chi connectivity index (χ1n) is 7.26. The fourth-order valence-electron chi connectivity index (χ4n) is 2.61. The maximum absolute atomic E-state index is 9.98. The van der Waals surface area contributed by atoms with Crippen LogP contribution in [0.5, 0.6) is 0 Å². The summed E-state index contributed by atoms with van der Waals surface area (Å²) in [6.45, 7) is 3.02. The molecule has 2 N–H and O–H groups in total. The fourth-order valence-corrected chi connectivity index (χ4v) is 2.61. The predicted molar refractivity (Wildman–Crippen MR) is 83.4 cm³/mol. The van der Waals surface area contributed by atoms with E-state index in [9.17, 15) is 5.11 Å². The van der Waals surface area contributed by atoms with Gasteiger partial charge < -0.3 is 10.4 Å². The number of aliphatic hydroxyl groups is 1. The molecule has 0 saturated heterocycles. The van der Waals surface area contributed by atoms with Crippen molar-refractivity contribution in [1.82, 2.24) is 5.32 Å². The Balaban J connectivity index is 2.19. The Labute approximate surface area is 121 Å². The smallest absolute Gasteiger partial charge is 0.0671 e. The van der Waals surface area contributed by atoms with Crippen LogP contribution in [-0.2, 0) is 12.1 Å². The Hall–Kier alpha value is -1.64. The predicted octanol–water partition coefficient (Wildman–Crippen LogP) is 3.46. The average molecular weight is 269 g/mol. The quantitative estimate of drug-likeness (QED) is 0.806. The number of hydrogen-bond acceptors (Lipinski definition) is 2. The van der Waals surface area contributed by atoms with Crippen molar-refractivity contribution in [3.8, 4) is 0 Å². The first-order chi connectivity index (χ1) is 9.80. The van der Waals surface area contributed by atoms with Crippen molar-refractivity contribution in [3.05, 3.63) is 71.8 Å². The largest absolute Gasteiger partial charge is 0.394 e. The molecule has 1 unspecified atom stereocenters. The molecule has 20 heavy (non-hydrogen) atoms. The zero-order valence-electron chi connectivity index (χ0n) is 12.0. The lowest BCUT2D eigenvalue weighted by Crippen LogP contribution is -2.45. The van der Waals surface area contributed by atoms with Crippen molar-refractivity contribution in [2.24, 2.45) is 0 Å². The molecule has 0 amide bonds. The molecule has 2 aromatic carbocycles. The summed E-state index contributed by atoms with van der Waals surface area (Å²) in [4.78, 5) is 0. The fraction of sp³-hybridized carbons (Fsp3) is 0.333. The molecule has 0 heterocycles. The Bertz CT molecular complexity index is 497. The van der Waals surface area contributed by atoms with Gasteiger partial charge in [-0.1, -0.05) is 74.0 Å². The van der Waals surface area contributed by atoms with Crippen LogP contribution in [-0.4, -0.2) is 11.7 Å². The van der Waals surface area contributed by atoms with Crippen molar-refractivity contribution < 1.29 is 5.11 Å². The summed E-state index contributed by atoms with van der Waals surface area (Å²) in [5, 5.41) is 13.5. The van der Waals surface area contributed by atoms with Gasteiger partial charge in [0.2, 0.25) is 0 Å². The lowest BCUT2D eigenvalue weighted by Gasteiger charge is -2.34. The molecular formula is C18H23NO. The average Bonchev–Trinajstić information content (AvgIpc) is 2.53. The van der Waals surface area contributed by atoms with E-state index in [1.54, 1.807) is 0 Å². The van der Waals surface area contributed by atoms with E-state index >= 15 is 0 Å². The van der Waals surface area contributed by atoms with E-state index in [2.05, 4.69) is 36.5 Å². The number of aliphatic hydroxyl groups excluding tert-OH is 1. The van der Waals surface area contributed by atoms with Gasteiger partial charge in [-0.25, -0.2) is 0 Å². The Morgan fingerprint density at radius 3 is 2.10 bits per heavy atom. The molecule has 0 radical (unpaired) electrons. The van der Waals surface area contributed by atoms with Gasteiger partial charge in [-0.15, -0.1) is 0 Å². The van der Waals surface area contributed by atoms with E-state index in [0.717, 1.165) is 24.9 Å². The highest BCUT2D eigenvalue weighted by Crippen LogP contribution is 2.26. The topological polar surface area (TPSA) is 32.3 Å². The third-order valence-corrected chi connectivity index (χ3v) is 3.75. The summed E-state index contributed by atoms with van der Waals surface area (Å²) < 4.78 is 0. The van der Waals surface area contributed by atoms with Crippen LogP contribution in [0.1, 0.15) is 30.9 Å². The van der Waals surface area contributed by atoms with Crippen molar-refractivity contribution in [1.29, 1.82) is 0 Å². The Morgan fingerprint density at radius 2 is 1.55 bits per heavy atom. The summed E-state index contributed by atoms with van der Waals surface area (Å²) in [5.41, 5.74) is 2.03. The molecule has 2 nitrogen and oxygen atoms in total. The highest BCUT2D eigenvalue weighted by atomic mass is 16.3. The molecule has 0 spiro atoms. The molecule has 0 aliphatic heterocycles. The maximum Gasteiger partial charge on any atom is 0.0671 e. The molecular weight excluding hydrogens is 246 g/mol. The number of benzene rings is 2.